The predicted octanol–water partition coefficient (Wildman–Crippen LogP) is 2.05. The maximum Gasteiger partial charge on any atom is 0.228 e. The van der Waals surface area contributed by atoms with Gasteiger partial charge in [0, 0.05) is 11.2 Å². The fourth-order valence-corrected chi connectivity index (χ4v) is 2.10. The molecule has 1 aromatic rings. The Balaban J connectivity index is 1.88. The van der Waals surface area contributed by atoms with Crippen molar-refractivity contribution in [2.45, 2.75) is 32.7 Å². The van der Waals surface area contributed by atoms with Crippen LogP contribution in [0.5, 0.6) is 0 Å². The average Bonchev–Trinajstić information content (AvgIpc) is 3.18. The van der Waals surface area contributed by atoms with Crippen LogP contribution in [0.25, 0.3) is 0 Å². The van der Waals surface area contributed by atoms with E-state index in [1.165, 1.54) is 0 Å². The second-order valence-electron chi connectivity index (χ2n) is 6.37. The molecule has 1 aliphatic carbocycles. The molecule has 1 saturated carbocycles. The summed E-state index contributed by atoms with van der Waals surface area (Å²) in [6, 6.07) is 8.68. The lowest BCUT2D eigenvalue weighted by molar-refractivity contribution is -0.126. The molecule has 0 radical (unpaired) electrons. The number of amides is 2. The van der Waals surface area contributed by atoms with Crippen LogP contribution in [0.4, 0.5) is 5.69 Å². The van der Waals surface area contributed by atoms with Crippen molar-refractivity contribution < 1.29 is 9.59 Å². The molecule has 5 heteroatoms. The van der Waals surface area contributed by atoms with E-state index in [4.69, 9.17) is 5.26 Å². The second kappa shape index (κ2) is 5.57. The lowest BCUT2D eigenvalue weighted by atomic mass is 10.1. The number of benzene rings is 1. The van der Waals surface area contributed by atoms with E-state index in [0.717, 1.165) is 0 Å². The number of nitriles is 1. The summed E-state index contributed by atoms with van der Waals surface area (Å²) in [6.07, 6.45) is 0.587. The Hall–Kier alpha value is -2.35. The number of hydrogen-bond acceptors (Lipinski definition) is 3. The predicted molar refractivity (Wildman–Crippen MR) is 79.3 cm³/mol. The molecule has 2 rings (SSSR count). The van der Waals surface area contributed by atoms with E-state index in [2.05, 4.69) is 10.6 Å². The van der Waals surface area contributed by atoms with Gasteiger partial charge in [-0.1, -0.05) is 0 Å². The third-order valence-corrected chi connectivity index (χ3v) is 3.24. The quantitative estimate of drug-likeness (QED) is 0.891. The number of carbonyl (C=O) groups is 2. The van der Waals surface area contributed by atoms with Crippen LogP contribution >= 0.6 is 0 Å². The summed E-state index contributed by atoms with van der Waals surface area (Å²) < 4.78 is 0. The molecule has 2 amide bonds. The van der Waals surface area contributed by atoms with Crippen LogP contribution in [-0.2, 0) is 9.59 Å². The molecular formula is C16H19N3O2. The Morgan fingerprint density at radius 1 is 1.14 bits per heavy atom. The summed E-state index contributed by atoms with van der Waals surface area (Å²) >= 11 is 0. The van der Waals surface area contributed by atoms with E-state index >= 15 is 0 Å². The van der Waals surface area contributed by atoms with Crippen molar-refractivity contribution in [3.63, 3.8) is 0 Å². The molecule has 0 heterocycles. The van der Waals surface area contributed by atoms with E-state index in [0.29, 0.717) is 17.7 Å². The number of nitrogens with one attached hydrogen (secondary N) is 2. The van der Waals surface area contributed by atoms with Crippen molar-refractivity contribution in [3.8, 4) is 6.07 Å². The van der Waals surface area contributed by atoms with E-state index in [1.54, 1.807) is 24.3 Å². The van der Waals surface area contributed by atoms with Gasteiger partial charge in [0.15, 0.2) is 0 Å². The van der Waals surface area contributed by atoms with Crippen LogP contribution in [-0.4, -0.2) is 17.4 Å². The Morgan fingerprint density at radius 3 is 2.24 bits per heavy atom. The van der Waals surface area contributed by atoms with Gasteiger partial charge in [0.2, 0.25) is 11.8 Å². The van der Waals surface area contributed by atoms with E-state index in [1.807, 2.05) is 26.8 Å². The van der Waals surface area contributed by atoms with Crippen LogP contribution in [0.3, 0.4) is 0 Å². The van der Waals surface area contributed by atoms with Crippen molar-refractivity contribution in [3.05, 3.63) is 29.8 Å². The van der Waals surface area contributed by atoms with Gasteiger partial charge in [0.25, 0.3) is 0 Å². The smallest absolute Gasteiger partial charge is 0.228 e. The van der Waals surface area contributed by atoms with Crippen LogP contribution in [0.1, 0.15) is 32.8 Å². The molecule has 5 nitrogen and oxygen atoms in total. The van der Waals surface area contributed by atoms with Crippen LogP contribution in [0, 0.1) is 23.2 Å². The largest absolute Gasteiger partial charge is 0.351 e. The Bertz CT molecular complexity index is 593. The molecule has 1 aromatic carbocycles. The normalized spacial score (nSPS) is 20.3. The molecule has 2 unspecified atom stereocenters. The van der Waals surface area contributed by atoms with Gasteiger partial charge >= 0.3 is 0 Å². The maximum absolute atomic E-state index is 12.1. The van der Waals surface area contributed by atoms with E-state index in [-0.39, 0.29) is 29.2 Å². The summed E-state index contributed by atoms with van der Waals surface area (Å²) in [6.45, 7) is 5.75. The first kappa shape index (κ1) is 15.0. The van der Waals surface area contributed by atoms with Crippen LogP contribution < -0.4 is 10.6 Å². The fraction of sp³-hybridized carbons (Fsp3) is 0.438. The topological polar surface area (TPSA) is 82.0 Å². The number of hydrogen-bond donors (Lipinski definition) is 2. The van der Waals surface area contributed by atoms with Crippen molar-refractivity contribution in [2.75, 3.05) is 5.32 Å². The summed E-state index contributed by atoms with van der Waals surface area (Å²) in [5, 5.41) is 14.4. The minimum Gasteiger partial charge on any atom is -0.351 e. The van der Waals surface area contributed by atoms with Crippen molar-refractivity contribution in [1.29, 1.82) is 5.26 Å². The fourth-order valence-electron chi connectivity index (χ4n) is 2.10. The molecule has 110 valence electrons. The minimum absolute atomic E-state index is 0.0671. The standard InChI is InChI=1S/C16H19N3O2/c1-16(2,3)19-15(21)13-8-12(13)14(20)18-11-6-4-10(9-17)5-7-11/h4-7,12-13H,8H2,1-3H3,(H,18,20)(H,19,21). The van der Waals surface area contributed by atoms with E-state index < -0.39 is 0 Å². The molecule has 1 aliphatic rings. The lowest BCUT2D eigenvalue weighted by Gasteiger charge is -2.20. The zero-order valence-corrected chi connectivity index (χ0v) is 12.4. The first-order valence-electron chi connectivity index (χ1n) is 6.93. The molecule has 2 N–H and O–H groups in total. The zero-order chi connectivity index (χ0) is 15.6. The maximum atomic E-state index is 12.1. The second-order valence-corrected chi connectivity index (χ2v) is 6.37. The molecule has 2 atom stereocenters. The van der Waals surface area contributed by atoms with Gasteiger partial charge < -0.3 is 10.6 Å². The Kier molecular flexibility index (Phi) is 3.99. The SMILES string of the molecule is CC(C)(C)NC(=O)C1CC1C(=O)Nc1ccc(C#N)cc1. The minimum atomic E-state index is -0.284. The molecule has 0 spiro atoms. The first-order valence-corrected chi connectivity index (χ1v) is 6.93. The van der Waals surface area contributed by atoms with Crippen molar-refractivity contribution in [2.24, 2.45) is 11.8 Å². The molecule has 0 aliphatic heterocycles. The van der Waals surface area contributed by atoms with Gasteiger partial charge in [0.1, 0.15) is 0 Å². The van der Waals surface area contributed by atoms with Crippen LogP contribution in [0.15, 0.2) is 24.3 Å². The van der Waals surface area contributed by atoms with Gasteiger partial charge in [-0.2, -0.15) is 5.26 Å². The molecular weight excluding hydrogens is 266 g/mol. The number of carbonyl (C=O) groups excluding carboxylic acids is 2. The Morgan fingerprint density at radius 2 is 1.71 bits per heavy atom. The molecule has 21 heavy (non-hydrogen) atoms. The van der Waals surface area contributed by atoms with E-state index in [9.17, 15) is 9.59 Å². The number of nitrogens with zero attached hydrogens (tertiary/aromatic N) is 1. The monoisotopic (exact) mass is 285 g/mol. The van der Waals surface area contributed by atoms with Crippen molar-refractivity contribution >= 4 is 17.5 Å². The average molecular weight is 285 g/mol. The zero-order valence-electron chi connectivity index (χ0n) is 12.4. The summed E-state index contributed by atoms with van der Waals surface area (Å²) in [5.74, 6) is -0.707. The van der Waals surface area contributed by atoms with Crippen LogP contribution in [0.2, 0.25) is 0 Å². The molecule has 1 fully saturated rings. The molecule has 0 aromatic heterocycles. The third-order valence-electron chi connectivity index (χ3n) is 3.24. The number of rotatable bonds is 3. The summed E-state index contributed by atoms with van der Waals surface area (Å²) in [4.78, 5) is 24.0. The van der Waals surface area contributed by atoms with Gasteiger partial charge in [0.05, 0.1) is 23.5 Å². The van der Waals surface area contributed by atoms with Gasteiger partial charge in [-0.05, 0) is 51.5 Å². The molecule has 0 bridgehead atoms. The summed E-state index contributed by atoms with van der Waals surface area (Å²) in [7, 11) is 0. The van der Waals surface area contributed by atoms with Crippen molar-refractivity contribution in [1.82, 2.24) is 5.32 Å². The first-order chi connectivity index (χ1) is 9.80. The Labute approximate surface area is 124 Å². The number of anilines is 1. The highest BCUT2D eigenvalue weighted by atomic mass is 16.2. The molecule has 0 saturated heterocycles. The lowest BCUT2D eigenvalue weighted by Crippen LogP contribution is -2.42. The van der Waals surface area contributed by atoms with Gasteiger partial charge in [-0.3, -0.25) is 9.59 Å². The highest BCUT2D eigenvalue weighted by Gasteiger charge is 2.48. The highest BCUT2D eigenvalue weighted by molar-refractivity contribution is 5.99. The highest BCUT2D eigenvalue weighted by Crippen LogP contribution is 2.39. The summed E-state index contributed by atoms with van der Waals surface area (Å²) in [5.41, 5.74) is 0.899. The third kappa shape index (κ3) is 4.06. The van der Waals surface area contributed by atoms with Gasteiger partial charge in [-0.25, -0.2) is 0 Å². The van der Waals surface area contributed by atoms with Gasteiger partial charge in [-0.15, -0.1) is 0 Å².